The molecule has 0 radical (unpaired) electrons. The van der Waals surface area contributed by atoms with E-state index in [-0.39, 0.29) is 18.0 Å². The van der Waals surface area contributed by atoms with Crippen LogP contribution in [0, 0.1) is 0 Å². The Hall–Kier alpha value is -1.48. The molecule has 9 heteroatoms. The Morgan fingerprint density at radius 2 is 2.21 bits per heavy atom. The van der Waals surface area contributed by atoms with E-state index in [0.717, 1.165) is 0 Å². The standard InChI is InChI=1S/C10H12ClN5O2S/c11-9-2-1-8(3-7(9)4-12)19(17,18)15-5-10-13-6-14-16-10/h1-3,6,15H,4-5,12H2,(H,13,14,16). The molecule has 1 aromatic carbocycles. The molecule has 0 saturated carbocycles. The summed E-state index contributed by atoms with van der Waals surface area (Å²) < 4.78 is 26.5. The Bertz CT molecular complexity index is 657. The van der Waals surface area contributed by atoms with Gasteiger partial charge in [-0.05, 0) is 23.8 Å². The molecule has 1 aromatic heterocycles. The van der Waals surface area contributed by atoms with Crippen molar-refractivity contribution in [1.29, 1.82) is 0 Å². The van der Waals surface area contributed by atoms with Crippen molar-refractivity contribution in [2.45, 2.75) is 18.0 Å². The Labute approximate surface area is 115 Å². The lowest BCUT2D eigenvalue weighted by Crippen LogP contribution is -2.24. The summed E-state index contributed by atoms with van der Waals surface area (Å²) in [5.41, 5.74) is 6.06. The molecule has 0 unspecified atom stereocenters. The molecule has 0 aliphatic carbocycles. The van der Waals surface area contributed by atoms with Gasteiger partial charge >= 0.3 is 0 Å². The quantitative estimate of drug-likeness (QED) is 0.739. The van der Waals surface area contributed by atoms with E-state index in [0.29, 0.717) is 16.4 Å². The van der Waals surface area contributed by atoms with Gasteiger partial charge in [-0.2, -0.15) is 5.10 Å². The zero-order valence-electron chi connectivity index (χ0n) is 9.80. The van der Waals surface area contributed by atoms with Gasteiger partial charge in [-0.15, -0.1) is 0 Å². The van der Waals surface area contributed by atoms with Gasteiger partial charge in [0, 0.05) is 11.6 Å². The van der Waals surface area contributed by atoms with E-state index < -0.39 is 10.0 Å². The van der Waals surface area contributed by atoms with Gasteiger partial charge in [-0.3, -0.25) is 5.10 Å². The summed E-state index contributed by atoms with van der Waals surface area (Å²) in [6.07, 6.45) is 1.30. The van der Waals surface area contributed by atoms with E-state index in [9.17, 15) is 8.42 Å². The van der Waals surface area contributed by atoms with Crippen LogP contribution in [0.1, 0.15) is 11.4 Å². The molecule has 102 valence electrons. The first-order valence-electron chi connectivity index (χ1n) is 5.35. The molecule has 0 bridgehead atoms. The number of aromatic amines is 1. The third-order valence-corrected chi connectivity index (χ3v) is 4.21. The number of halogens is 1. The molecule has 0 aliphatic rings. The summed E-state index contributed by atoms with van der Waals surface area (Å²) >= 11 is 5.89. The topological polar surface area (TPSA) is 114 Å². The molecule has 2 aromatic rings. The minimum atomic E-state index is -3.64. The maximum Gasteiger partial charge on any atom is 0.240 e. The fourth-order valence-corrected chi connectivity index (χ4v) is 2.67. The first kappa shape index (κ1) is 13.9. The Kier molecular flexibility index (Phi) is 4.15. The van der Waals surface area contributed by atoms with Crippen molar-refractivity contribution in [3.05, 3.63) is 40.9 Å². The van der Waals surface area contributed by atoms with Crippen LogP contribution in [0.15, 0.2) is 29.4 Å². The van der Waals surface area contributed by atoms with Gasteiger partial charge in [0.05, 0.1) is 11.4 Å². The summed E-state index contributed by atoms with van der Waals surface area (Å²) in [6.45, 7) is 0.202. The average Bonchev–Trinajstić information content (AvgIpc) is 2.90. The van der Waals surface area contributed by atoms with E-state index in [4.69, 9.17) is 17.3 Å². The van der Waals surface area contributed by atoms with Crippen LogP contribution < -0.4 is 10.5 Å². The minimum Gasteiger partial charge on any atom is -0.326 e. The predicted molar refractivity (Wildman–Crippen MR) is 69.8 cm³/mol. The smallest absolute Gasteiger partial charge is 0.240 e. The molecule has 0 atom stereocenters. The lowest BCUT2D eigenvalue weighted by molar-refractivity contribution is 0.579. The summed E-state index contributed by atoms with van der Waals surface area (Å²) in [5, 5.41) is 6.63. The van der Waals surface area contributed by atoms with Crippen molar-refractivity contribution in [2.24, 2.45) is 5.73 Å². The Balaban J connectivity index is 2.19. The molecular formula is C10H12ClN5O2S. The highest BCUT2D eigenvalue weighted by Crippen LogP contribution is 2.20. The normalized spacial score (nSPS) is 11.7. The third-order valence-electron chi connectivity index (χ3n) is 2.44. The zero-order valence-corrected chi connectivity index (χ0v) is 11.4. The molecule has 0 fully saturated rings. The highest BCUT2D eigenvalue weighted by atomic mass is 35.5. The molecule has 7 nitrogen and oxygen atoms in total. The van der Waals surface area contributed by atoms with Crippen LogP contribution in [-0.4, -0.2) is 23.6 Å². The lowest BCUT2D eigenvalue weighted by atomic mass is 10.2. The minimum absolute atomic E-state index is 0.0307. The van der Waals surface area contributed by atoms with E-state index in [1.165, 1.54) is 24.5 Å². The van der Waals surface area contributed by atoms with Gasteiger partial charge in [0.2, 0.25) is 10.0 Å². The van der Waals surface area contributed by atoms with E-state index in [2.05, 4.69) is 19.9 Å². The van der Waals surface area contributed by atoms with Gasteiger partial charge in [0.15, 0.2) is 0 Å². The second-order valence-corrected chi connectivity index (χ2v) is 5.89. The monoisotopic (exact) mass is 301 g/mol. The van der Waals surface area contributed by atoms with Gasteiger partial charge in [-0.25, -0.2) is 18.1 Å². The predicted octanol–water partition coefficient (Wildman–Crippen LogP) is 0.395. The number of H-pyrrole nitrogens is 1. The molecule has 2 rings (SSSR count). The molecule has 0 spiro atoms. The maximum atomic E-state index is 12.0. The molecule has 4 N–H and O–H groups in total. The largest absolute Gasteiger partial charge is 0.326 e. The number of aromatic nitrogens is 3. The van der Waals surface area contributed by atoms with Crippen LogP contribution in [-0.2, 0) is 23.1 Å². The Morgan fingerprint density at radius 1 is 1.42 bits per heavy atom. The van der Waals surface area contributed by atoms with Crippen molar-refractivity contribution in [3.8, 4) is 0 Å². The molecule has 0 amide bonds. The number of hydrogen-bond donors (Lipinski definition) is 3. The molecule has 0 aliphatic heterocycles. The SMILES string of the molecule is NCc1cc(S(=O)(=O)NCc2ncn[nH]2)ccc1Cl. The lowest BCUT2D eigenvalue weighted by Gasteiger charge is -2.08. The van der Waals surface area contributed by atoms with Crippen LogP contribution in [0.4, 0.5) is 0 Å². The number of sulfonamides is 1. The third kappa shape index (κ3) is 3.29. The number of nitrogens with two attached hydrogens (primary N) is 1. The first-order chi connectivity index (χ1) is 9.03. The molecule has 1 heterocycles. The maximum absolute atomic E-state index is 12.0. The van der Waals surface area contributed by atoms with Crippen molar-refractivity contribution in [3.63, 3.8) is 0 Å². The van der Waals surface area contributed by atoms with Gasteiger partial charge in [-0.1, -0.05) is 11.6 Å². The van der Waals surface area contributed by atoms with E-state index in [1.807, 2.05) is 0 Å². The van der Waals surface area contributed by atoms with Crippen molar-refractivity contribution in [1.82, 2.24) is 19.9 Å². The summed E-state index contributed by atoms with van der Waals surface area (Å²) in [4.78, 5) is 3.93. The average molecular weight is 302 g/mol. The number of rotatable bonds is 5. The molecule has 19 heavy (non-hydrogen) atoms. The fourth-order valence-electron chi connectivity index (χ4n) is 1.44. The van der Waals surface area contributed by atoms with Crippen LogP contribution in [0.2, 0.25) is 5.02 Å². The summed E-state index contributed by atoms with van der Waals surface area (Å²) in [7, 11) is -3.64. The highest BCUT2D eigenvalue weighted by Gasteiger charge is 2.15. The van der Waals surface area contributed by atoms with Crippen molar-refractivity contribution >= 4 is 21.6 Å². The molecular weight excluding hydrogens is 290 g/mol. The van der Waals surface area contributed by atoms with E-state index >= 15 is 0 Å². The van der Waals surface area contributed by atoms with Crippen molar-refractivity contribution in [2.75, 3.05) is 0 Å². The van der Waals surface area contributed by atoms with Gasteiger partial charge in [0.1, 0.15) is 12.2 Å². The Morgan fingerprint density at radius 3 is 2.84 bits per heavy atom. The van der Waals surface area contributed by atoms with Crippen molar-refractivity contribution < 1.29 is 8.42 Å². The number of nitrogens with one attached hydrogen (secondary N) is 2. The van der Waals surface area contributed by atoms with Crippen LogP contribution >= 0.6 is 11.6 Å². The molecule has 0 saturated heterocycles. The fraction of sp³-hybridized carbons (Fsp3) is 0.200. The van der Waals surface area contributed by atoms with Crippen LogP contribution in [0.5, 0.6) is 0 Å². The van der Waals surface area contributed by atoms with Gasteiger partial charge in [0.25, 0.3) is 0 Å². The second-order valence-electron chi connectivity index (χ2n) is 3.71. The van der Waals surface area contributed by atoms with Gasteiger partial charge < -0.3 is 5.73 Å². The van der Waals surface area contributed by atoms with Crippen LogP contribution in [0.25, 0.3) is 0 Å². The van der Waals surface area contributed by atoms with E-state index in [1.54, 1.807) is 0 Å². The summed E-state index contributed by atoms with van der Waals surface area (Å²) in [5.74, 6) is 0.427. The van der Waals surface area contributed by atoms with Crippen LogP contribution in [0.3, 0.4) is 0 Å². The zero-order chi connectivity index (χ0) is 13.9. The second kappa shape index (κ2) is 5.66. The number of hydrogen-bond acceptors (Lipinski definition) is 5. The summed E-state index contributed by atoms with van der Waals surface area (Å²) in [6, 6.07) is 4.38. The first-order valence-corrected chi connectivity index (χ1v) is 7.21. The highest BCUT2D eigenvalue weighted by molar-refractivity contribution is 7.89. The number of benzene rings is 1. The number of nitrogens with zero attached hydrogens (tertiary/aromatic N) is 2.